The molecular formula is C14H14ClNO4S2. The van der Waals surface area contributed by atoms with Crippen LogP contribution in [0.5, 0.6) is 0 Å². The van der Waals surface area contributed by atoms with E-state index in [9.17, 15) is 13.2 Å². The third kappa shape index (κ3) is 4.22. The summed E-state index contributed by atoms with van der Waals surface area (Å²) in [6.45, 7) is 2.26. The Bertz CT molecular complexity index is 753. The van der Waals surface area contributed by atoms with Crippen molar-refractivity contribution in [1.82, 2.24) is 0 Å². The molecule has 0 unspecified atom stereocenters. The summed E-state index contributed by atoms with van der Waals surface area (Å²) in [7, 11) is -3.67. The van der Waals surface area contributed by atoms with Crippen LogP contribution in [-0.4, -0.2) is 21.0 Å². The third-order valence-corrected chi connectivity index (χ3v) is 5.73. The lowest BCUT2D eigenvalue weighted by Gasteiger charge is -2.07. The highest BCUT2D eigenvalue weighted by molar-refractivity contribution is 7.94. The molecule has 8 heteroatoms. The topological polar surface area (TPSA) is 72.5 Å². The predicted octanol–water partition coefficient (Wildman–Crippen LogP) is 3.77. The van der Waals surface area contributed by atoms with Gasteiger partial charge in [0.05, 0.1) is 16.5 Å². The Labute approximate surface area is 137 Å². The van der Waals surface area contributed by atoms with Crippen LogP contribution >= 0.6 is 22.9 Å². The van der Waals surface area contributed by atoms with Gasteiger partial charge in [-0.25, -0.2) is 13.2 Å². The molecule has 1 N–H and O–H groups in total. The van der Waals surface area contributed by atoms with E-state index in [1.807, 2.05) is 6.92 Å². The molecule has 2 rings (SSSR count). The van der Waals surface area contributed by atoms with Gasteiger partial charge in [-0.05, 0) is 42.8 Å². The number of rotatable bonds is 6. The SMILES string of the molecule is CCCOC(=O)c1ccc(NS(=O)(=O)c2ccc(Cl)s2)cc1. The number of nitrogens with one attached hydrogen (secondary N) is 1. The maximum atomic E-state index is 12.1. The number of halogens is 1. The number of hydrogen-bond acceptors (Lipinski definition) is 5. The van der Waals surface area contributed by atoms with E-state index in [1.165, 1.54) is 36.4 Å². The Balaban J connectivity index is 2.09. The van der Waals surface area contributed by atoms with E-state index in [-0.39, 0.29) is 4.21 Å². The lowest BCUT2D eigenvalue weighted by molar-refractivity contribution is 0.0505. The molecule has 0 atom stereocenters. The highest BCUT2D eigenvalue weighted by Crippen LogP contribution is 2.27. The molecule has 0 bridgehead atoms. The first-order valence-electron chi connectivity index (χ1n) is 6.47. The first-order valence-corrected chi connectivity index (χ1v) is 9.15. The van der Waals surface area contributed by atoms with Crippen molar-refractivity contribution in [2.75, 3.05) is 11.3 Å². The van der Waals surface area contributed by atoms with Gasteiger partial charge in [0.15, 0.2) is 0 Å². The number of hydrogen-bond donors (Lipinski definition) is 1. The molecule has 118 valence electrons. The van der Waals surface area contributed by atoms with Crippen molar-refractivity contribution >= 4 is 44.6 Å². The van der Waals surface area contributed by atoms with Crippen molar-refractivity contribution in [3.8, 4) is 0 Å². The van der Waals surface area contributed by atoms with E-state index >= 15 is 0 Å². The molecule has 0 saturated carbocycles. The summed E-state index contributed by atoms with van der Waals surface area (Å²) >= 11 is 6.71. The van der Waals surface area contributed by atoms with Crippen LogP contribution in [0.15, 0.2) is 40.6 Å². The molecule has 2 aromatic rings. The van der Waals surface area contributed by atoms with Gasteiger partial charge in [0.2, 0.25) is 0 Å². The largest absolute Gasteiger partial charge is 0.462 e. The quantitative estimate of drug-likeness (QED) is 0.797. The van der Waals surface area contributed by atoms with Crippen LogP contribution in [0.25, 0.3) is 0 Å². The number of sulfonamides is 1. The normalized spacial score (nSPS) is 11.2. The molecular weight excluding hydrogens is 346 g/mol. The standard InChI is InChI=1S/C14H14ClNO4S2/c1-2-9-20-14(17)10-3-5-11(6-4-10)16-22(18,19)13-8-7-12(15)21-13/h3-8,16H,2,9H2,1H3. The molecule has 1 aromatic heterocycles. The van der Waals surface area contributed by atoms with E-state index in [2.05, 4.69) is 4.72 Å². The van der Waals surface area contributed by atoms with Gasteiger partial charge in [-0.15, -0.1) is 11.3 Å². The number of carbonyl (C=O) groups excluding carboxylic acids is 1. The van der Waals surface area contributed by atoms with E-state index < -0.39 is 16.0 Å². The lowest BCUT2D eigenvalue weighted by atomic mass is 10.2. The molecule has 22 heavy (non-hydrogen) atoms. The van der Waals surface area contributed by atoms with Gasteiger partial charge in [0, 0.05) is 5.69 Å². The van der Waals surface area contributed by atoms with Crippen LogP contribution in [0.4, 0.5) is 5.69 Å². The number of ether oxygens (including phenoxy) is 1. The van der Waals surface area contributed by atoms with Crippen LogP contribution in [0.2, 0.25) is 4.34 Å². The highest BCUT2D eigenvalue weighted by Gasteiger charge is 2.17. The number of carbonyl (C=O) groups is 1. The van der Waals surface area contributed by atoms with Crippen LogP contribution < -0.4 is 4.72 Å². The van der Waals surface area contributed by atoms with Crippen LogP contribution in [-0.2, 0) is 14.8 Å². The zero-order valence-corrected chi connectivity index (χ0v) is 14.1. The second-order valence-electron chi connectivity index (χ2n) is 4.38. The van der Waals surface area contributed by atoms with Gasteiger partial charge >= 0.3 is 5.97 Å². The second kappa shape index (κ2) is 7.13. The van der Waals surface area contributed by atoms with Gasteiger partial charge in [-0.3, -0.25) is 4.72 Å². The van der Waals surface area contributed by atoms with Gasteiger partial charge in [-0.2, -0.15) is 0 Å². The Hall–Kier alpha value is -1.57. The fourth-order valence-electron chi connectivity index (χ4n) is 1.60. The minimum absolute atomic E-state index is 0.129. The second-order valence-corrected chi connectivity index (χ2v) is 8.00. The average molecular weight is 360 g/mol. The zero-order valence-electron chi connectivity index (χ0n) is 11.7. The van der Waals surface area contributed by atoms with Crippen molar-refractivity contribution in [1.29, 1.82) is 0 Å². The molecule has 1 aromatic carbocycles. The molecule has 0 aliphatic rings. The van der Waals surface area contributed by atoms with Crippen molar-refractivity contribution in [2.45, 2.75) is 17.6 Å². The molecule has 0 fully saturated rings. The fraction of sp³-hybridized carbons (Fsp3) is 0.214. The van der Waals surface area contributed by atoms with E-state index in [4.69, 9.17) is 16.3 Å². The van der Waals surface area contributed by atoms with E-state index in [1.54, 1.807) is 0 Å². The summed E-state index contributed by atoms with van der Waals surface area (Å²) in [4.78, 5) is 11.7. The molecule has 5 nitrogen and oxygen atoms in total. The minimum Gasteiger partial charge on any atom is -0.462 e. The van der Waals surface area contributed by atoms with Crippen LogP contribution in [0.1, 0.15) is 23.7 Å². The smallest absolute Gasteiger partial charge is 0.338 e. The van der Waals surface area contributed by atoms with Crippen molar-refractivity contribution in [2.24, 2.45) is 0 Å². The lowest BCUT2D eigenvalue weighted by Crippen LogP contribution is -2.12. The third-order valence-electron chi connectivity index (χ3n) is 2.62. The first-order chi connectivity index (χ1) is 10.4. The monoisotopic (exact) mass is 359 g/mol. The molecule has 0 aliphatic heterocycles. The zero-order chi connectivity index (χ0) is 16.2. The molecule has 0 aliphatic carbocycles. The number of anilines is 1. The molecule has 0 amide bonds. The Morgan fingerprint density at radius 1 is 1.23 bits per heavy atom. The Kier molecular flexibility index (Phi) is 5.44. The van der Waals surface area contributed by atoms with Gasteiger partial charge in [0.1, 0.15) is 4.21 Å². The van der Waals surface area contributed by atoms with Gasteiger partial charge in [0.25, 0.3) is 10.0 Å². The molecule has 0 radical (unpaired) electrons. The van der Waals surface area contributed by atoms with Crippen LogP contribution in [0.3, 0.4) is 0 Å². The molecule has 1 heterocycles. The van der Waals surface area contributed by atoms with Crippen LogP contribution in [0, 0.1) is 0 Å². The fourth-order valence-corrected chi connectivity index (χ4v) is 4.14. The number of thiophene rings is 1. The van der Waals surface area contributed by atoms with Crippen molar-refractivity contribution in [3.63, 3.8) is 0 Å². The van der Waals surface area contributed by atoms with E-state index in [0.29, 0.717) is 22.2 Å². The summed E-state index contributed by atoms with van der Waals surface area (Å²) in [5, 5.41) is 0. The van der Waals surface area contributed by atoms with Crippen molar-refractivity contribution < 1.29 is 17.9 Å². The number of esters is 1. The summed E-state index contributed by atoms with van der Waals surface area (Å²) in [5.74, 6) is -0.429. The van der Waals surface area contributed by atoms with Gasteiger partial charge < -0.3 is 4.74 Å². The molecule has 0 spiro atoms. The summed E-state index contributed by atoms with van der Waals surface area (Å²) in [6, 6.07) is 9.00. The Morgan fingerprint density at radius 3 is 2.45 bits per heavy atom. The summed E-state index contributed by atoms with van der Waals surface area (Å²) < 4.78 is 32.2. The minimum atomic E-state index is -3.67. The maximum Gasteiger partial charge on any atom is 0.338 e. The summed E-state index contributed by atoms with van der Waals surface area (Å²) in [5.41, 5.74) is 0.729. The maximum absolute atomic E-state index is 12.1. The highest BCUT2D eigenvalue weighted by atomic mass is 35.5. The predicted molar refractivity (Wildman–Crippen MR) is 87.2 cm³/mol. The summed E-state index contributed by atoms with van der Waals surface area (Å²) in [6.07, 6.45) is 0.743. The first kappa shape index (κ1) is 16.8. The number of benzene rings is 1. The Morgan fingerprint density at radius 2 is 1.91 bits per heavy atom. The average Bonchev–Trinajstić information content (AvgIpc) is 2.92. The van der Waals surface area contributed by atoms with Gasteiger partial charge in [-0.1, -0.05) is 18.5 Å². The molecule has 0 saturated heterocycles. The van der Waals surface area contributed by atoms with E-state index in [0.717, 1.165) is 17.8 Å². The van der Waals surface area contributed by atoms with Crippen molar-refractivity contribution in [3.05, 3.63) is 46.3 Å².